The van der Waals surface area contributed by atoms with Crippen LogP contribution in [0.3, 0.4) is 0 Å². The summed E-state index contributed by atoms with van der Waals surface area (Å²) in [6, 6.07) is 5.93. The lowest BCUT2D eigenvalue weighted by atomic mass is 10.1. The molecule has 150 valence electrons. The van der Waals surface area contributed by atoms with Crippen LogP contribution >= 0.6 is 0 Å². The van der Waals surface area contributed by atoms with Crippen LogP contribution in [0.4, 0.5) is 0 Å². The Bertz CT molecular complexity index is 758. The van der Waals surface area contributed by atoms with Gasteiger partial charge in [0.2, 0.25) is 11.8 Å². The molecule has 9 heteroatoms. The molecule has 1 aliphatic rings. The van der Waals surface area contributed by atoms with Crippen molar-refractivity contribution in [1.82, 2.24) is 10.2 Å². The SMILES string of the molecule is COC(=O)C1CCCN1C(=O)C(CC#N)NC(=O)C(O)Cc1ccc(O)cc1. The van der Waals surface area contributed by atoms with Crippen LogP contribution in [0.1, 0.15) is 24.8 Å². The zero-order chi connectivity index (χ0) is 20.7. The third kappa shape index (κ3) is 5.20. The molecule has 0 spiro atoms. The molecular weight excluding hydrogens is 366 g/mol. The summed E-state index contributed by atoms with van der Waals surface area (Å²) in [5, 5.41) is 30.8. The van der Waals surface area contributed by atoms with E-state index in [0.29, 0.717) is 24.9 Å². The number of nitrogens with one attached hydrogen (secondary N) is 1. The summed E-state index contributed by atoms with van der Waals surface area (Å²) < 4.78 is 4.71. The summed E-state index contributed by atoms with van der Waals surface area (Å²) in [5.41, 5.74) is 0.619. The van der Waals surface area contributed by atoms with Gasteiger partial charge in [0.05, 0.1) is 19.6 Å². The second-order valence-corrected chi connectivity index (χ2v) is 6.52. The molecule has 1 aliphatic heterocycles. The number of ether oxygens (including phenoxy) is 1. The van der Waals surface area contributed by atoms with Crippen molar-refractivity contribution in [2.24, 2.45) is 0 Å². The van der Waals surface area contributed by atoms with Crippen molar-refractivity contribution in [2.45, 2.75) is 43.9 Å². The van der Waals surface area contributed by atoms with E-state index in [4.69, 9.17) is 10.00 Å². The second-order valence-electron chi connectivity index (χ2n) is 6.52. The maximum Gasteiger partial charge on any atom is 0.328 e. The molecule has 1 fully saturated rings. The van der Waals surface area contributed by atoms with E-state index in [9.17, 15) is 24.6 Å². The van der Waals surface area contributed by atoms with Crippen LogP contribution in [0.15, 0.2) is 24.3 Å². The largest absolute Gasteiger partial charge is 0.508 e. The number of phenolic OH excluding ortho intramolecular Hbond substituents is 1. The van der Waals surface area contributed by atoms with Gasteiger partial charge in [0, 0.05) is 13.0 Å². The average Bonchev–Trinajstić information content (AvgIpc) is 3.17. The number of carbonyl (C=O) groups excluding carboxylic acids is 3. The monoisotopic (exact) mass is 389 g/mol. The first kappa shape index (κ1) is 21.2. The summed E-state index contributed by atoms with van der Waals surface area (Å²) in [6.45, 7) is 0.326. The summed E-state index contributed by atoms with van der Waals surface area (Å²) in [6.07, 6.45) is -0.680. The molecule has 3 unspecified atom stereocenters. The fraction of sp³-hybridized carbons (Fsp3) is 0.474. The van der Waals surface area contributed by atoms with Gasteiger partial charge in [-0.05, 0) is 30.5 Å². The highest BCUT2D eigenvalue weighted by Crippen LogP contribution is 2.20. The molecule has 3 atom stereocenters. The molecule has 1 saturated heterocycles. The highest BCUT2D eigenvalue weighted by atomic mass is 16.5. The van der Waals surface area contributed by atoms with Crippen molar-refractivity contribution >= 4 is 17.8 Å². The zero-order valence-corrected chi connectivity index (χ0v) is 15.5. The van der Waals surface area contributed by atoms with Gasteiger partial charge in [-0.25, -0.2) is 4.79 Å². The number of phenols is 1. The van der Waals surface area contributed by atoms with Gasteiger partial charge < -0.3 is 25.2 Å². The first-order valence-electron chi connectivity index (χ1n) is 8.89. The minimum atomic E-state index is -1.44. The zero-order valence-electron chi connectivity index (χ0n) is 15.5. The maximum absolute atomic E-state index is 12.8. The van der Waals surface area contributed by atoms with E-state index in [2.05, 4.69) is 5.32 Å². The van der Waals surface area contributed by atoms with Crippen LogP contribution in [0, 0.1) is 11.3 Å². The van der Waals surface area contributed by atoms with Gasteiger partial charge in [-0.15, -0.1) is 0 Å². The van der Waals surface area contributed by atoms with Gasteiger partial charge in [0.25, 0.3) is 0 Å². The molecule has 0 saturated carbocycles. The lowest BCUT2D eigenvalue weighted by Gasteiger charge is -2.27. The molecule has 0 bridgehead atoms. The first-order chi connectivity index (χ1) is 13.4. The molecule has 1 heterocycles. The minimum Gasteiger partial charge on any atom is -0.508 e. The van der Waals surface area contributed by atoms with Gasteiger partial charge in [0.15, 0.2) is 0 Å². The standard InChI is InChI=1S/C19H23N3O6/c1-28-19(27)15-3-2-10-22(15)18(26)14(8-9-20)21-17(25)16(24)11-12-4-6-13(23)7-5-12/h4-7,14-16,23-24H,2-3,8,10-11H2,1H3,(H,21,25). The third-order valence-corrected chi connectivity index (χ3v) is 4.59. The Hall–Kier alpha value is -3.12. The Morgan fingerprint density at radius 3 is 2.64 bits per heavy atom. The van der Waals surface area contributed by atoms with Gasteiger partial charge in [-0.1, -0.05) is 12.1 Å². The molecule has 0 aromatic heterocycles. The van der Waals surface area contributed by atoms with Gasteiger partial charge in [-0.3, -0.25) is 9.59 Å². The first-order valence-corrected chi connectivity index (χ1v) is 8.89. The molecule has 3 N–H and O–H groups in total. The third-order valence-electron chi connectivity index (χ3n) is 4.59. The van der Waals surface area contributed by atoms with Gasteiger partial charge >= 0.3 is 5.97 Å². The lowest BCUT2D eigenvalue weighted by Crippen LogP contribution is -2.53. The summed E-state index contributed by atoms with van der Waals surface area (Å²) in [5.74, 6) is -1.83. The summed E-state index contributed by atoms with van der Waals surface area (Å²) in [7, 11) is 1.23. The summed E-state index contributed by atoms with van der Waals surface area (Å²) in [4.78, 5) is 38.2. The molecule has 0 aliphatic carbocycles. The Labute approximate surface area is 162 Å². The van der Waals surface area contributed by atoms with Crippen LogP contribution in [-0.4, -0.2) is 64.7 Å². The number of aromatic hydroxyl groups is 1. The van der Waals surface area contributed by atoms with E-state index < -0.39 is 36.0 Å². The van der Waals surface area contributed by atoms with E-state index in [0.717, 1.165) is 0 Å². The topological polar surface area (TPSA) is 140 Å². The number of hydrogen-bond donors (Lipinski definition) is 3. The predicted octanol–water partition coefficient (Wildman–Crippen LogP) is -0.142. The fourth-order valence-corrected chi connectivity index (χ4v) is 3.12. The molecular formula is C19H23N3O6. The number of esters is 1. The Morgan fingerprint density at radius 1 is 1.36 bits per heavy atom. The number of aliphatic hydroxyl groups excluding tert-OH is 1. The number of likely N-dealkylation sites (tertiary alicyclic amines) is 1. The Kier molecular flexibility index (Phi) is 7.35. The number of rotatable bonds is 7. The fourth-order valence-electron chi connectivity index (χ4n) is 3.12. The van der Waals surface area contributed by atoms with Crippen molar-refractivity contribution in [3.05, 3.63) is 29.8 Å². The smallest absolute Gasteiger partial charge is 0.328 e. The second kappa shape index (κ2) is 9.71. The number of aliphatic hydroxyl groups is 1. The molecule has 28 heavy (non-hydrogen) atoms. The van der Waals surface area contributed by atoms with E-state index in [1.807, 2.05) is 6.07 Å². The highest BCUT2D eigenvalue weighted by Gasteiger charge is 2.38. The molecule has 0 radical (unpaired) electrons. The molecule has 9 nitrogen and oxygen atoms in total. The van der Waals surface area contributed by atoms with Crippen LogP contribution in [0.2, 0.25) is 0 Å². The number of nitriles is 1. The molecule has 2 rings (SSSR count). The van der Waals surface area contributed by atoms with E-state index >= 15 is 0 Å². The molecule has 1 aromatic rings. The number of methoxy groups -OCH3 is 1. The minimum absolute atomic E-state index is 0.0198. The Morgan fingerprint density at radius 2 is 2.04 bits per heavy atom. The normalized spacial score (nSPS) is 18.0. The van der Waals surface area contributed by atoms with Crippen LogP contribution in [0.5, 0.6) is 5.75 Å². The molecule has 2 amide bonds. The number of benzene rings is 1. The van der Waals surface area contributed by atoms with Crippen molar-refractivity contribution in [1.29, 1.82) is 5.26 Å². The van der Waals surface area contributed by atoms with E-state index in [1.165, 1.54) is 24.1 Å². The van der Waals surface area contributed by atoms with E-state index in [1.54, 1.807) is 12.1 Å². The molecule has 1 aromatic carbocycles. The summed E-state index contributed by atoms with van der Waals surface area (Å²) >= 11 is 0. The lowest BCUT2D eigenvalue weighted by molar-refractivity contribution is -0.152. The van der Waals surface area contributed by atoms with Crippen molar-refractivity contribution in [3.63, 3.8) is 0 Å². The number of nitrogens with zero attached hydrogens (tertiary/aromatic N) is 2. The Balaban J connectivity index is 2.03. The van der Waals surface area contributed by atoms with Gasteiger partial charge in [-0.2, -0.15) is 5.26 Å². The van der Waals surface area contributed by atoms with Crippen LogP contribution in [0.25, 0.3) is 0 Å². The van der Waals surface area contributed by atoms with Gasteiger partial charge in [0.1, 0.15) is 23.9 Å². The number of hydrogen-bond acceptors (Lipinski definition) is 7. The maximum atomic E-state index is 12.8. The van der Waals surface area contributed by atoms with Crippen molar-refractivity contribution in [2.75, 3.05) is 13.7 Å². The quantitative estimate of drug-likeness (QED) is 0.551. The number of carbonyl (C=O) groups is 3. The number of amides is 2. The predicted molar refractivity (Wildman–Crippen MR) is 96.7 cm³/mol. The van der Waals surface area contributed by atoms with E-state index in [-0.39, 0.29) is 18.6 Å². The van der Waals surface area contributed by atoms with Crippen LogP contribution in [-0.2, 0) is 25.5 Å². The van der Waals surface area contributed by atoms with Crippen molar-refractivity contribution in [3.8, 4) is 11.8 Å². The average molecular weight is 389 g/mol. The van der Waals surface area contributed by atoms with Crippen molar-refractivity contribution < 1.29 is 29.3 Å². The highest BCUT2D eigenvalue weighted by molar-refractivity contribution is 5.92. The van der Waals surface area contributed by atoms with Crippen LogP contribution < -0.4 is 5.32 Å².